The van der Waals surface area contributed by atoms with E-state index in [-0.39, 0.29) is 12.4 Å². The van der Waals surface area contributed by atoms with Crippen LogP contribution in [0.1, 0.15) is 11.1 Å². The van der Waals surface area contributed by atoms with E-state index in [0.717, 1.165) is 12.1 Å². The van der Waals surface area contributed by atoms with Gasteiger partial charge in [-0.1, -0.05) is 6.07 Å². The number of rotatable bonds is 5. The van der Waals surface area contributed by atoms with Crippen LogP contribution in [0.15, 0.2) is 36.4 Å². The molecule has 0 aromatic heterocycles. The van der Waals surface area contributed by atoms with E-state index in [1.165, 1.54) is 7.11 Å². The minimum Gasteiger partial charge on any atom is -0.508 e. The Morgan fingerprint density at radius 2 is 1.87 bits per heavy atom. The summed E-state index contributed by atoms with van der Waals surface area (Å²) in [5.41, 5.74) is 0.258. The highest BCUT2D eigenvalue weighted by Crippen LogP contribution is 2.39. The van der Waals surface area contributed by atoms with Gasteiger partial charge in [0.25, 0.3) is 0 Å². The molecule has 23 heavy (non-hydrogen) atoms. The number of aromatic hydroxyl groups is 1. The monoisotopic (exact) mass is 327 g/mol. The van der Waals surface area contributed by atoms with Crippen molar-refractivity contribution in [3.05, 3.63) is 47.5 Å². The quantitative estimate of drug-likeness (QED) is 0.870. The Kier molecular flexibility index (Phi) is 4.88. The lowest BCUT2D eigenvalue weighted by Crippen LogP contribution is -2.10. The summed E-state index contributed by atoms with van der Waals surface area (Å²) in [6.07, 6.45) is -4.62. The molecule has 7 heteroatoms. The van der Waals surface area contributed by atoms with Gasteiger partial charge in [0.05, 0.1) is 12.7 Å². The minimum atomic E-state index is -4.62. The fourth-order valence-electron chi connectivity index (χ4n) is 2.16. The molecule has 0 bridgehead atoms. The molecular formula is C16H16F3NO3. The highest BCUT2D eigenvalue weighted by atomic mass is 19.4. The van der Waals surface area contributed by atoms with Crippen molar-refractivity contribution >= 4 is 5.69 Å². The summed E-state index contributed by atoms with van der Waals surface area (Å²) >= 11 is 0. The van der Waals surface area contributed by atoms with Gasteiger partial charge in [0, 0.05) is 12.7 Å². The molecule has 0 amide bonds. The molecule has 0 aliphatic rings. The summed E-state index contributed by atoms with van der Waals surface area (Å²) in [7, 11) is 3.17. The molecule has 0 fully saturated rings. The maximum Gasteiger partial charge on any atom is 0.420 e. The molecular weight excluding hydrogens is 311 g/mol. The standard InChI is InChI=1S/C16H16F3NO3/c1-20-13-4-3-5-14(22-2)11(13)9-23-15-7-6-10(21)8-12(15)16(17,18)19/h3-8,20-21H,9H2,1-2H3. The molecule has 0 aliphatic carbocycles. The van der Waals surface area contributed by atoms with E-state index in [2.05, 4.69) is 5.32 Å². The third-order valence-corrected chi connectivity index (χ3v) is 3.26. The van der Waals surface area contributed by atoms with Crippen molar-refractivity contribution in [1.29, 1.82) is 0 Å². The summed E-state index contributed by atoms with van der Waals surface area (Å²) in [4.78, 5) is 0. The second kappa shape index (κ2) is 6.68. The van der Waals surface area contributed by atoms with Crippen LogP contribution < -0.4 is 14.8 Å². The van der Waals surface area contributed by atoms with Gasteiger partial charge in [-0.15, -0.1) is 0 Å². The molecule has 4 nitrogen and oxygen atoms in total. The van der Waals surface area contributed by atoms with Crippen molar-refractivity contribution in [3.63, 3.8) is 0 Å². The van der Waals surface area contributed by atoms with Crippen LogP contribution >= 0.6 is 0 Å². The Bertz CT molecular complexity index is 665. The van der Waals surface area contributed by atoms with E-state index < -0.39 is 17.5 Å². The van der Waals surface area contributed by atoms with Crippen molar-refractivity contribution in [2.24, 2.45) is 0 Å². The van der Waals surface area contributed by atoms with Crippen LogP contribution in [0.25, 0.3) is 0 Å². The summed E-state index contributed by atoms with van der Waals surface area (Å²) in [5, 5.41) is 12.2. The van der Waals surface area contributed by atoms with Crippen molar-refractivity contribution in [1.82, 2.24) is 0 Å². The SMILES string of the molecule is CNc1cccc(OC)c1COc1ccc(O)cc1C(F)(F)F. The lowest BCUT2D eigenvalue weighted by atomic mass is 10.1. The van der Waals surface area contributed by atoms with E-state index in [0.29, 0.717) is 23.1 Å². The predicted molar refractivity (Wildman–Crippen MR) is 80.0 cm³/mol. The van der Waals surface area contributed by atoms with Gasteiger partial charge in [-0.25, -0.2) is 0 Å². The van der Waals surface area contributed by atoms with Crippen LogP contribution in [0, 0.1) is 0 Å². The Balaban J connectivity index is 2.32. The molecule has 0 atom stereocenters. The van der Waals surface area contributed by atoms with Gasteiger partial charge in [-0.05, 0) is 30.3 Å². The number of halogens is 3. The fraction of sp³-hybridized carbons (Fsp3) is 0.250. The summed E-state index contributed by atoms with van der Waals surface area (Å²) < 4.78 is 49.6. The number of hydrogen-bond donors (Lipinski definition) is 2. The molecule has 2 N–H and O–H groups in total. The average Bonchev–Trinajstić information content (AvgIpc) is 2.52. The largest absolute Gasteiger partial charge is 0.508 e. The molecule has 0 radical (unpaired) electrons. The van der Waals surface area contributed by atoms with Crippen LogP contribution in [0.3, 0.4) is 0 Å². The van der Waals surface area contributed by atoms with Crippen molar-refractivity contribution < 1.29 is 27.8 Å². The number of ether oxygens (including phenoxy) is 2. The summed E-state index contributed by atoms with van der Waals surface area (Å²) in [6, 6.07) is 8.09. The zero-order valence-corrected chi connectivity index (χ0v) is 12.6. The molecule has 0 saturated heterocycles. The molecule has 0 unspecified atom stereocenters. The number of benzene rings is 2. The molecule has 124 valence electrons. The maximum atomic E-state index is 13.0. The van der Waals surface area contributed by atoms with Gasteiger partial charge in [0.1, 0.15) is 29.4 Å². The molecule has 0 heterocycles. The Morgan fingerprint density at radius 3 is 2.48 bits per heavy atom. The van der Waals surface area contributed by atoms with Crippen molar-refractivity contribution in [3.8, 4) is 17.2 Å². The molecule has 0 saturated carbocycles. The number of nitrogens with one attached hydrogen (secondary N) is 1. The predicted octanol–water partition coefficient (Wildman–Crippen LogP) is 4.04. The number of hydrogen-bond acceptors (Lipinski definition) is 4. The summed E-state index contributed by atoms with van der Waals surface area (Å²) in [6.45, 7) is -0.117. The minimum absolute atomic E-state index is 0.117. The average molecular weight is 327 g/mol. The fourth-order valence-corrected chi connectivity index (χ4v) is 2.16. The van der Waals surface area contributed by atoms with Gasteiger partial charge >= 0.3 is 6.18 Å². The van der Waals surface area contributed by atoms with E-state index in [1.54, 1.807) is 25.2 Å². The molecule has 2 rings (SSSR count). The van der Waals surface area contributed by atoms with Crippen molar-refractivity contribution in [2.45, 2.75) is 12.8 Å². The first kappa shape index (κ1) is 16.8. The smallest absolute Gasteiger partial charge is 0.420 e. The number of phenols is 1. The van der Waals surface area contributed by atoms with Crippen LogP contribution in [-0.2, 0) is 12.8 Å². The Morgan fingerprint density at radius 1 is 1.13 bits per heavy atom. The number of anilines is 1. The topological polar surface area (TPSA) is 50.7 Å². The van der Waals surface area contributed by atoms with E-state index in [4.69, 9.17) is 9.47 Å². The second-order valence-electron chi connectivity index (χ2n) is 4.70. The van der Waals surface area contributed by atoms with Crippen LogP contribution in [0.4, 0.5) is 18.9 Å². The highest BCUT2D eigenvalue weighted by Gasteiger charge is 2.35. The first-order valence-corrected chi connectivity index (χ1v) is 6.73. The number of methoxy groups -OCH3 is 1. The zero-order chi connectivity index (χ0) is 17.0. The maximum absolute atomic E-state index is 13.0. The normalized spacial score (nSPS) is 11.2. The first-order valence-electron chi connectivity index (χ1n) is 6.73. The molecule has 2 aromatic carbocycles. The first-order chi connectivity index (χ1) is 10.9. The van der Waals surface area contributed by atoms with Crippen LogP contribution in [0.2, 0.25) is 0 Å². The van der Waals surface area contributed by atoms with E-state index in [1.807, 2.05) is 0 Å². The third-order valence-electron chi connectivity index (χ3n) is 3.26. The number of alkyl halides is 3. The van der Waals surface area contributed by atoms with Gasteiger partial charge in [0.15, 0.2) is 0 Å². The third kappa shape index (κ3) is 3.80. The van der Waals surface area contributed by atoms with Crippen molar-refractivity contribution in [2.75, 3.05) is 19.5 Å². The highest BCUT2D eigenvalue weighted by molar-refractivity contribution is 5.57. The lowest BCUT2D eigenvalue weighted by Gasteiger charge is -2.17. The Labute approximate surface area is 131 Å². The second-order valence-corrected chi connectivity index (χ2v) is 4.70. The Hall–Kier alpha value is -2.57. The molecule has 2 aromatic rings. The van der Waals surface area contributed by atoms with Gasteiger partial charge in [0.2, 0.25) is 0 Å². The van der Waals surface area contributed by atoms with Gasteiger partial charge < -0.3 is 19.9 Å². The zero-order valence-electron chi connectivity index (χ0n) is 12.6. The molecule has 0 spiro atoms. The van der Waals surface area contributed by atoms with Gasteiger partial charge in [-0.2, -0.15) is 13.2 Å². The van der Waals surface area contributed by atoms with Gasteiger partial charge in [-0.3, -0.25) is 0 Å². The van der Waals surface area contributed by atoms with Crippen LogP contribution in [0.5, 0.6) is 17.2 Å². The molecule has 0 aliphatic heterocycles. The summed E-state index contributed by atoms with van der Waals surface area (Å²) in [5.74, 6) is -0.328. The lowest BCUT2D eigenvalue weighted by molar-refractivity contribution is -0.139. The van der Waals surface area contributed by atoms with Crippen LogP contribution in [-0.4, -0.2) is 19.3 Å². The van der Waals surface area contributed by atoms with E-state index >= 15 is 0 Å². The van der Waals surface area contributed by atoms with E-state index in [9.17, 15) is 18.3 Å². The number of phenolic OH excluding ortho intramolecular Hbond substituents is 1.